The molecule has 4 aromatic rings. The van der Waals surface area contributed by atoms with Crippen LogP contribution in [0.4, 0.5) is 0 Å². The number of aromatic nitrogens is 1. The number of para-hydroxylation sites is 1. The van der Waals surface area contributed by atoms with Crippen molar-refractivity contribution in [2.45, 2.75) is 26.4 Å². The number of amides is 1. The van der Waals surface area contributed by atoms with E-state index >= 15 is 0 Å². The van der Waals surface area contributed by atoms with E-state index in [9.17, 15) is 14.7 Å². The number of aliphatic hydroxyl groups excluding tert-OH is 1. The van der Waals surface area contributed by atoms with Gasteiger partial charge in [0, 0.05) is 24.5 Å². The highest BCUT2D eigenvalue weighted by Gasteiger charge is 2.46. The molecule has 39 heavy (non-hydrogen) atoms. The number of likely N-dealkylation sites (tertiary alicyclic amines) is 1. The lowest BCUT2D eigenvalue weighted by Crippen LogP contribution is -2.29. The van der Waals surface area contributed by atoms with Gasteiger partial charge in [0.1, 0.15) is 23.0 Å². The fourth-order valence-corrected chi connectivity index (χ4v) is 4.75. The number of benzene rings is 3. The van der Waals surface area contributed by atoms with Crippen LogP contribution in [-0.2, 0) is 16.1 Å². The van der Waals surface area contributed by atoms with Gasteiger partial charge in [-0.2, -0.15) is 0 Å². The number of nitrogens with zero attached hydrogens (tertiary/aromatic N) is 2. The van der Waals surface area contributed by atoms with Crippen molar-refractivity contribution in [3.63, 3.8) is 0 Å². The number of rotatable bonds is 8. The summed E-state index contributed by atoms with van der Waals surface area (Å²) in [6, 6.07) is 24.6. The number of carbonyl (C=O) groups is 2. The van der Waals surface area contributed by atoms with Crippen molar-refractivity contribution in [2.24, 2.45) is 0 Å². The van der Waals surface area contributed by atoms with Gasteiger partial charge in [-0.05, 0) is 79.1 Å². The number of aryl methyl sites for hydroxylation is 1. The quantitative estimate of drug-likeness (QED) is 0.169. The molecule has 1 aliphatic rings. The largest absolute Gasteiger partial charge is 0.507 e. The average Bonchev–Trinajstić information content (AvgIpc) is 3.19. The van der Waals surface area contributed by atoms with Crippen molar-refractivity contribution < 1.29 is 24.2 Å². The molecule has 0 spiro atoms. The highest BCUT2D eigenvalue weighted by Crippen LogP contribution is 2.42. The first-order valence-corrected chi connectivity index (χ1v) is 12.7. The molecule has 2 heterocycles. The molecule has 1 amide bonds. The molecular weight excluding hydrogens is 492 g/mol. The fraction of sp³-hybridized carbons (Fsp3) is 0.156. The van der Waals surface area contributed by atoms with E-state index < -0.39 is 17.7 Å². The van der Waals surface area contributed by atoms with Crippen molar-refractivity contribution in [1.29, 1.82) is 0 Å². The summed E-state index contributed by atoms with van der Waals surface area (Å²) in [5.41, 5.74) is 2.60. The van der Waals surface area contributed by atoms with Crippen LogP contribution in [0.1, 0.15) is 35.2 Å². The molecule has 0 saturated carbocycles. The van der Waals surface area contributed by atoms with Gasteiger partial charge in [0.15, 0.2) is 0 Å². The SMILES string of the molecule is CCOc1ccc(C(O)=C2C(=O)C(=O)N(Cc3cccnc3)[C@H]2c2cccc(Oc3ccccc3)c2)c(C)c1. The lowest BCUT2D eigenvalue weighted by Gasteiger charge is -2.26. The first-order valence-electron chi connectivity index (χ1n) is 12.7. The Hall–Kier alpha value is -4.91. The summed E-state index contributed by atoms with van der Waals surface area (Å²) in [5, 5.41) is 11.5. The third-order valence-corrected chi connectivity index (χ3v) is 6.53. The first-order chi connectivity index (χ1) is 19.0. The van der Waals surface area contributed by atoms with Gasteiger partial charge >= 0.3 is 0 Å². The molecule has 7 heteroatoms. The molecule has 1 N–H and O–H groups in total. The van der Waals surface area contributed by atoms with Crippen LogP contribution in [0.25, 0.3) is 5.76 Å². The second-order valence-corrected chi connectivity index (χ2v) is 9.19. The molecule has 7 nitrogen and oxygen atoms in total. The van der Waals surface area contributed by atoms with Gasteiger partial charge in [0.05, 0.1) is 18.2 Å². The number of ketones is 1. The van der Waals surface area contributed by atoms with Gasteiger partial charge < -0.3 is 19.5 Å². The third-order valence-electron chi connectivity index (χ3n) is 6.53. The van der Waals surface area contributed by atoms with Gasteiger partial charge in [-0.15, -0.1) is 0 Å². The maximum atomic E-state index is 13.5. The number of hydrogen-bond donors (Lipinski definition) is 1. The lowest BCUT2D eigenvalue weighted by molar-refractivity contribution is -0.140. The zero-order valence-electron chi connectivity index (χ0n) is 21.7. The standard InChI is InChI=1S/C32H28N2O5/c1-3-38-25-14-15-27(21(2)17-25)30(35)28-29(34(32(37)31(28)36)20-22-9-8-16-33-19-22)23-10-7-13-26(18-23)39-24-11-5-4-6-12-24/h4-19,29,35H,3,20H2,1-2H3/t29-/m0/s1. The maximum absolute atomic E-state index is 13.5. The van der Waals surface area contributed by atoms with Gasteiger partial charge in [0.2, 0.25) is 0 Å². The number of hydrogen-bond acceptors (Lipinski definition) is 6. The monoisotopic (exact) mass is 520 g/mol. The van der Waals surface area contributed by atoms with Gasteiger partial charge in [0.25, 0.3) is 11.7 Å². The smallest absolute Gasteiger partial charge is 0.295 e. The van der Waals surface area contributed by atoms with E-state index in [0.29, 0.717) is 35.0 Å². The van der Waals surface area contributed by atoms with Crippen LogP contribution < -0.4 is 9.47 Å². The van der Waals surface area contributed by atoms with Gasteiger partial charge in [-0.3, -0.25) is 14.6 Å². The Morgan fingerprint density at radius 3 is 2.44 bits per heavy atom. The van der Waals surface area contributed by atoms with E-state index in [1.54, 1.807) is 54.9 Å². The van der Waals surface area contributed by atoms with E-state index in [0.717, 1.165) is 11.1 Å². The van der Waals surface area contributed by atoms with Crippen LogP contribution >= 0.6 is 0 Å². The molecule has 1 aromatic heterocycles. The highest BCUT2D eigenvalue weighted by molar-refractivity contribution is 6.46. The molecule has 1 atom stereocenters. The van der Waals surface area contributed by atoms with Crippen LogP contribution in [-0.4, -0.2) is 33.3 Å². The van der Waals surface area contributed by atoms with Crippen LogP contribution in [0.15, 0.2) is 103 Å². The van der Waals surface area contributed by atoms with Crippen LogP contribution in [0.3, 0.4) is 0 Å². The van der Waals surface area contributed by atoms with E-state index in [2.05, 4.69) is 4.98 Å². The topological polar surface area (TPSA) is 89.0 Å². The van der Waals surface area contributed by atoms with Crippen LogP contribution in [0.5, 0.6) is 17.2 Å². The summed E-state index contributed by atoms with van der Waals surface area (Å²) in [7, 11) is 0. The van der Waals surface area contributed by atoms with Crippen molar-refractivity contribution in [3.8, 4) is 17.2 Å². The van der Waals surface area contributed by atoms with Crippen LogP contribution in [0, 0.1) is 6.92 Å². The number of ether oxygens (including phenoxy) is 2. The van der Waals surface area contributed by atoms with E-state index in [4.69, 9.17) is 9.47 Å². The van der Waals surface area contributed by atoms with Gasteiger partial charge in [-0.25, -0.2) is 0 Å². The first kappa shape index (κ1) is 25.7. The van der Waals surface area contributed by atoms with E-state index in [1.165, 1.54) is 4.90 Å². The third kappa shape index (κ3) is 5.38. The van der Waals surface area contributed by atoms with E-state index in [1.807, 2.05) is 56.3 Å². The molecule has 0 radical (unpaired) electrons. The Balaban J connectivity index is 1.62. The molecule has 1 fully saturated rings. The Kier molecular flexibility index (Phi) is 7.41. The predicted molar refractivity (Wildman–Crippen MR) is 147 cm³/mol. The maximum Gasteiger partial charge on any atom is 0.295 e. The molecule has 1 saturated heterocycles. The number of Topliss-reactive ketones (excluding diaryl/α,β-unsaturated/α-hetero) is 1. The lowest BCUT2D eigenvalue weighted by atomic mass is 9.93. The molecule has 1 aliphatic heterocycles. The predicted octanol–water partition coefficient (Wildman–Crippen LogP) is 6.20. The van der Waals surface area contributed by atoms with E-state index in [-0.39, 0.29) is 17.9 Å². The Labute approximate surface area is 227 Å². The molecule has 0 unspecified atom stereocenters. The fourth-order valence-electron chi connectivity index (χ4n) is 4.75. The Morgan fingerprint density at radius 1 is 0.923 bits per heavy atom. The van der Waals surface area contributed by atoms with Crippen molar-refractivity contribution in [2.75, 3.05) is 6.61 Å². The summed E-state index contributed by atoms with van der Waals surface area (Å²) in [4.78, 5) is 32.5. The Bertz CT molecular complexity index is 1530. The average molecular weight is 521 g/mol. The molecule has 0 aliphatic carbocycles. The van der Waals surface area contributed by atoms with Crippen molar-refractivity contribution >= 4 is 17.4 Å². The minimum Gasteiger partial charge on any atom is -0.507 e. The Morgan fingerprint density at radius 2 is 1.72 bits per heavy atom. The summed E-state index contributed by atoms with van der Waals surface area (Å²) < 4.78 is 11.6. The summed E-state index contributed by atoms with van der Waals surface area (Å²) >= 11 is 0. The zero-order valence-corrected chi connectivity index (χ0v) is 21.7. The van der Waals surface area contributed by atoms with Crippen LogP contribution in [0.2, 0.25) is 0 Å². The molecule has 196 valence electrons. The number of aliphatic hydroxyl groups is 1. The molecule has 0 bridgehead atoms. The van der Waals surface area contributed by atoms with Crippen molar-refractivity contribution in [3.05, 3.63) is 125 Å². The van der Waals surface area contributed by atoms with Crippen molar-refractivity contribution in [1.82, 2.24) is 9.88 Å². The zero-order chi connectivity index (χ0) is 27.4. The second kappa shape index (κ2) is 11.2. The summed E-state index contributed by atoms with van der Waals surface area (Å²) in [6.07, 6.45) is 3.30. The molecular formula is C32H28N2O5. The minimum atomic E-state index is -0.838. The normalized spacial score (nSPS) is 16.4. The second-order valence-electron chi connectivity index (χ2n) is 9.19. The number of carbonyl (C=O) groups excluding carboxylic acids is 2. The molecule has 3 aromatic carbocycles. The number of pyridine rings is 1. The highest BCUT2D eigenvalue weighted by atomic mass is 16.5. The summed E-state index contributed by atoms with van der Waals surface area (Å²) in [6.45, 7) is 4.37. The summed E-state index contributed by atoms with van der Waals surface area (Å²) in [5.74, 6) is 0.187. The minimum absolute atomic E-state index is 0.0213. The van der Waals surface area contributed by atoms with Gasteiger partial charge in [-0.1, -0.05) is 36.4 Å². The molecule has 5 rings (SSSR count).